The molecule has 2 atom stereocenters. The molecule has 0 aromatic heterocycles. The van der Waals surface area contributed by atoms with Gasteiger partial charge in [-0.25, -0.2) is 0 Å². The van der Waals surface area contributed by atoms with E-state index in [2.05, 4.69) is 49.4 Å². The molecule has 2 unspecified atom stereocenters. The van der Waals surface area contributed by atoms with Gasteiger partial charge in [-0.05, 0) is 31.4 Å². The minimum Gasteiger partial charge on any atom is -0.297 e. The van der Waals surface area contributed by atoms with Gasteiger partial charge in [-0.1, -0.05) is 43.5 Å². The fraction of sp³-hybridized carbons (Fsp3) is 0.467. The Bertz CT molecular complexity index is 345. The van der Waals surface area contributed by atoms with Gasteiger partial charge in [-0.3, -0.25) is 5.32 Å². The molecule has 0 heterocycles. The summed E-state index contributed by atoms with van der Waals surface area (Å²) in [6.07, 6.45) is 7.70. The summed E-state index contributed by atoms with van der Waals surface area (Å²) in [6.45, 7) is 6.34. The molecule has 0 bridgehead atoms. The van der Waals surface area contributed by atoms with Crippen LogP contribution in [0.2, 0.25) is 0 Å². The predicted molar refractivity (Wildman–Crippen MR) is 70.3 cm³/mol. The average molecular weight is 215 g/mol. The zero-order valence-corrected chi connectivity index (χ0v) is 10.5. The second-order valence-corrected chi connectivity index (χ2v) is 4.27. The van der Waals surface area contributed by atoms with Crippen LogP contribution >= 0.6 is 0 Å². The Morgan fingerprint density at radius 3 is 2.38 bits per heavy atom. The van der Waals surface area contributed by atoms with Crippen LogP contribution in [0.5, 0.6) is 0 Å². The van der Waals surface area contributed by atoms with Crippen LogP contribution in [0.25, 0.3) is 0 Å². The van der Waals surface area contributed by atoms with E-state index in [1.807, 2.05) is 6.92 Å². The Hall–Kier alpha value is -1.26. The molecule has 0 saturated heterocycles. The number of nitrogens with one attached hydrogen (secondary N) is 1. The van der Waals surface area contributed by atoms with Crippen molar-refractivity contribution < 1.29 is 0 Å². The van der Waals surface area contributed by atoms with Crippen molar-refractivity contribution in [3.05, 3.63) is 35.4 Å². The van der Waals surface area contributed by atoms with Crippen LogP contribution in [0.15, 0.2) is 24.3 Å². The Kier molecular flexibility index (Phi) is 5.08. The van der Waals surface area contributed by atoms with E-state index in [1.165, 1.54) is 17.5 Å². The molecule has 0 aliphatic rings. The van der Waals surface area contributed by atoms with Crippen molar-refractivity contribution in [1.82, 2.24) is 5.32 Å². The number of benzene rings is 1. The summed E-state index contributed by atoms with van der Waals surface area (Å²) >= 11 is 0. The summed E-state index contributed by atoms with van der Waals surface area (Å²) in [6, 6.07) is 9.21. The number of hydrogen-bond acceptors (Lipinski definition) is 1. The first kappa shape index (κ1) is 12.8. The maximum atomic E-state index is 5.35. The normalized spacial score (nSPS) is 14.1. The van der Waals surface area contributed by atoms with Crippen LogP contribution in [0.3, 0.4) is 0 Å². The van der Waals surface area contributed by atoms with Crippen molar-refractivity contribution in [2.75, 3.05) is 0 Å². The van der Waals surface area contributed by atoms with Gasteiger partial charge in [0.1, 0.15) is 0 Å². The van der Waals surface area contributed by atoms with Gasteiger partial charge >= 0.3 is 0 Å². The predicted octanol–water partition coefficient (Wildman–Crippen LogP) is 3.31. The van der Waals surface area contributed by atoms with E-state index in [4.69, 9.17) is 6.42 Å². The summed E-state index contributed by atoms with van der Waals surface area (Å²) in [4.78, 5) is 0. The summed E-state index contributed by atoms with van der Waals surface area (Å²) in [5.41, 5.74) is 2.70. The topological polar surface area (TPSA) is 12.0 Å². The average Bonchev–Trinajstić information content (AvgIpc) is 2.30. The standard InChI is InChI=1S/C15H21N/c1-5-7-14-8-10-15(11-9-14)13(4)16-12(3)6-2/h2,8-13,16H,5,7H2,1,3-4H3. The number of terminal acetylenes is 1. The third-order valence-electron chi connectivity index (χ3n) is 2.77. The number of hydrogen-bond donors (Lipinski definition) is 1. The van der Waals surface area contributed by atoms with Gasteiger partial charge in [0.25, 0.3) is 0 Å². The zero-order valence-electron chi connectivity index (χ0n) is 10.5. The Balaban J connectivity index is 2.63. The van der Waals surface area contributed by atoms with Crippen molar-refractivity contribution in [2.45, 2.75) is 45.7 Å². The molecule has 0 radical (unpaired) electrons. The smallest absolute Gasteiger partial charge is 0.0662 e. The van der Waals surface area contributed by atoms with Crippen LogP contribution in [0.4, 0.5) is 0 Å². The van der Waals surface area contributed by atoms with E-state index in [9.17, 15) is 0 Å². The second kappa shape index (κ2) is 6.35. The van der Waals surface area contributed by atoms with E-state index in [-0.39, 0.29) is 6.04 Å². The lowest BCUT2D eigenvalue weighted by Crippen LogP contribution is -2.27. The summed E-state index contributed by atoms with van der Waals surface area (Å²) in [5.74, 6) is 2.69. The Morgan fingerprint density at radius 1 is 1.25 bits per heavy atom. The van der Waals surface area contributed by atoms with Gasteiger partial charge < -0.3 is 0 Å². The lowest BCUT2D eigenvalue weighted by molar-refractivity contribution is 0.546. The largest absolute Gasteiger partial charge is 0.297 e. The van der Waals surface area contributed by atoms with Gasteiger partial charge in [-0.2, -0.15) is 0 Å². The molecule has 1 heteroatoms. The van der Waals surface area contributed by atoms with Crippen molar-refractivity contribution in [3.8, 4) is 12.3 Å². The van der Waals surface area contributed by atoms with Crippen LogP contribution in [-0.4, -0.2) is 6.04 Å². The highest BCUT2D eigenvalue weighted by molar-refractivity contribution is 5.25. The third kappa shape index (κ3) is 3.72. The minimum atomic E-state index is 0.116. The molecular formula is C15H21N. The molecule has 16 heavy (non-hydrogen) atoms. The monoisotopic (exact) mass is 215 g/mol. The second-order valence-electron chi connectivity index (χ2n) is 4.27. The molecule has 1 aromatic carbocycles. The molecule has 86 valence electrons. The lowest BCUT2D eigenvalue weighted by atomic mass is 10.0. The van der Waals surface area contributed by atoms with E-state index in [1.54, 1.807) is 0 Å². The summed E-state index contributed by atoms with van der Waals surface area (Å²) in [7, 11) is 0. The van der Waals surface area contributed by atoms with Crippen LogP contribution in [0.1, 0.15) is 44.4 Å². The Morgan fingerprint density at radius 2 is 1.88 bits per heavy atom. The fourth-order valence-corrected chi connectivity index (χ4v) is 1.78. The highest BCUT2D eigenvalue weighted by Crippen LogP contribution is 2.14. The highest BCUT2D eigenvalue weighted by Gasteiger charge is 2.06. The maximum Gasteiger partial charge on any atom is 0.0662 e. The van der Waals surface area contributed by atoms with Gasteiger partial charge in [0.15, 0.2) is 0 Å². The molecule has 0 saturated carbocycles. The molecule has 0 spiro atoms. The molecule has 0 aliphatic heterocycles. The summed E-state index contributed by atoms with van der Waals surface area (Å²) < 4.78 is 0. The van der Waals surface area contributed by atoms with E-state index < -0.39 is 0 Å². The van der Waals surface area contributed by atoms with Gasteiger partial charge in [0.05, 0.1) is 6.04 Å². The molecule has 1 rings (SSSR count). The first-order valence-electron chi connectivity index (χ1n) is 5.98. The molecule has 0 amide bonds. The maximum absolute atomic E-state index is 5.35. The third-order valence-corrected chi connectivity index (χ3v) is 2.77. The highest BCUT2D eigenvalue weighted by atomic mass is 14.9. The van der Waals surface area contributed by atoms with Crippen LogP contribution < -0.4 is 5.32 Å². The van der Waals surface area contributed by atoms with Crippen LogP contribution in [0, 0.1) is 12.3 Å². The molecule has 0 aliphatic carbocycles. The fourth-order valence-electron chi connectivity index (χ4n) is 1.78. The first-order valence-corrected chi connectivity index (χ1v) is 5.98. The van der Waals surface area contributed by atoms with Crippen molar-refractivity contribution >= 4 is 0 Å². The van der Waals surface area contributed by atoms with Crippen LogP contribution in [-0.2, 0) is 6.42 Å². The lowest BCUT2D eigenvalue weighted by Gasteiger charge is -2.16. The van der Waals surface area contributed by atoms with Crippen molar-refractivity contribution in [2.24, 2.45) is 0 Å². The number of aryl methyl sites for hydroxylation is 1. The molecule has 1 aromatic rings. The zero-order chi connectivity index (χ0) is 12.0. The molecular weight excluding hydrogens is 194 g/mol. The number of rotatable bonds is 5. The van der Waals surface area contributed by atoms with E-state index in [0.717, 1.165) is 6.42 Å². The van der Waals surface area contributed by atoms with Crippen molar-refractivity contribution in [1.29, 1.82) is 0 Å². The minimum absolute atomic E-state index is 0.116. The van der Waals surface area contributed by atoms with Gasteiger partial charge in [0, 0.05) is 6.04 Å². The first-order chi connectivity index (χ1) is 7.67. The quantitative estimate of drug-likeness (QED) is 0.743. The van der Waals surface area contributed by atoms with E-state index >= 15 is 0 Å². The van der Waals surface area contributed by atoms with Gasteiger partial charge in [-0.15, -0.1) is 6.42 Å². The van der Waals surface area contributed by atoms with Gasteiger partial charge in [0.2, 0.25) is 0 Å². The van der Waals surface area contributed by atoms with Crippen molar-refractivity contribution in [3.63, 3.8) is 0 Å². The Labute approximate surface area is 99.3 Å². The summed E-state index contributed by atoms with van der Waals surface area (Å²) in [5, 5.41) is 3.36. The molecule has 1 nitrogen and oxygen atoms in total. The molecule has 1 N–H and O–H groups in total. The van der Waals surface area contributed by atoms with E-state index in [0.29, 0.717) is 6.04 Å². The molecule has 0 fully saturated rings. The SMILES string of the molecule is C#CC(C)NC(C)c1ccc(CCC)cc1.